The van der Waals surface area contributed by atoms with Gasteiger partial charge in [-0.2, -0.15) is 0 Å². The number of halogens is 2. The predicted molar refractivity (Wildman–Crippen MR) is 116 cm³/mol. The molecule has 1 saturated heterocycles. The fraction of sp³-hybridized carbons (Fsp3) is 0.333. The van der Waals surface area contributed by atoms with Crippen LogP contribution in [0.4, 0.5) is 14.7 Å². The Balaban J connectivity index is 1.73. The van der Waals surface area contributed by atoms with Crippen LogP contribution in [0.25, 0.3) is 11.3 Å². The largest absolute Gasteiger partial charge is 0.378 e. The molecule has 6 nitrogen and oxygen atoms in total. The first-order chi connectivity index (χ1) is 15.6. The molecule has 0 spiro atoms. The van der Waals surface area contributed by atoms with E-state index >= 15 is 0 Å². The van der Waals surface area contributed by atoms with Crippen molar-refractivity contribution in [2.75, 3.05) is 37.7 Å². The standard InChI is InChI=1S/C24H25F2N3O3/c1-2-11-29(23(30)17-7-9-18(25)10-8-17)16-20-22(19-5-3-4-6-21(19)26)27-32-24(20)28-12-14-31-15-13-28/h3-10H,2,11-16H2,1H3. The van der Waals surface area contributed by atoms with E-state index in [1.54, 1.807) is 23.1 Å². The number of hydrogen-bond acceptors (Lipinski definition) is 5. The summed E-state index contributed by atoms with van der Waals surface area (Å²) >= 11 is 0. The van der Waals surface area contributed by atoms with Gasteiger partial charge in [-0.3, -0.25) is 4.79 Å². The monoisotopic (exact) mass is 441 g/mol. The van der Waals surface area contributed by atoms with Crippen LogP contribution in [0, 0.1) is 11.6 Å². The second kappa shape index (κ2) is 9.91. The van der Waals surface area contributed by atoms with E-state index < -0.39 is 11.6 Å². The summed E-state index contributed by atoms with van der Waals surface area (Å²) in [5.41, 5.74) is 1.71. The molecule has 0 bridgehead atoms. The van der Waals surface area contributed by atoms with Crippen molar-refractivity contribution >= 4 is 11.8 Å². The zero-order chi connectivity index (χ0) is 22.5. The fourth-order valence-corrected chi connectivity index (χ4v) is 3.81. The lowest BCUT2D eigenvalue weighted by atomic mass is 10.1. The highest BCUT2D eigenvalue weighted by atomic mass is 19.1. The Hall–Kier alpha value is -3.26. The van der Waals surface area contributed by atoms with Crippen LogP contribution in [0.15, 0.2) is 53.1 Å². The van der Waals surface area contributed by atoms with E-state index in [9.17, 15) is 13.6 Å². The molecule has 0 aliphatic carbocycles. The number of ether oxygens (including phenoxy) is 1. The van der Waals surface area contributed by atoms with Gasteiger partial charge in [0, 0.05) is 30.8 Å². The van der Waals surface area contributed by atoms with Gasteiger partial charge in [-0.25, -0.2) is 8.78 Å². The van der Waals surface area contributed by atoms with Gasteiger partial charge in [0.1, 0.15) is 17.3 Å². The maximum atomic E-state index is 14.6. The van der Waals surface area contributed by atoms with E-state index in [1.807, 2.05) is 11.8 Å². The lowest BCUT2D eigenvalue weighted by molar-refractivity contribution is 0.0743. The van der Waals surface area contributed by atoms with Gasteiger partial charge in [-0.05, 0) is 42.8 Å². The third-order valence-electron chi connectivity index (χ3n) is 5.42. The van der Waals surface area contributed by atoms with Crippen LogP contribution in [-0.2, 0) is 11.3 Å². The fourth-order valence-electron chi connectivity index (χ4n) is 3.81. The SMILES string of the molecule is CCCN(Cc1c(-c2ccccc2F)noc1N1CCOCC1)C(=O)c1ccc(F)cc1. The number of rotatable bonds is 7. The van der Waals surface area contributed by atoms with E-state index in [4.69, 9.17) is 9.26 Å². The van der Waals surface area contributed by atoms with Gasteiger partial charge >= 0.3 is 0 Å². The van der Waals surface area contributed by atoms with Crippen molar-refractivity contribution in [3.05, 3.63) is 71.3 Å². The molecule has 0 saturated carbocycles. The van der Waals surface area contributed by atoms with Crippen LogP contribution in [0.5, 0.6) is 0 Å². The molecule has 0 radical (unpaired) electrons. The van der Waals surface area contributed by atoms with Crippen LogP contribution in [0.3, 0.4) is 0 Å². The molecule has 1 aliphatic rings. The molecule has 1 amide bonds. The number of carbonyl (C=O) groups is 1. The van der Waals surface area contributed by atoms with Crippen LogP contribution in [-0.4, -0.2) is 48.8 Å². The van der Waals surface area contributed by atoms with Gasteiger partial charge in [0.25, 0.3) is 5.91 Å². The van der Waals surface area contributed by atoms with Gasteiger partial charge in [0.15, 0.2) is 0 Å². The van der Waals surface area contributed by atoms with Crippen molar-refractivity contribution in [2.45, 2.75) is 19.9 Å². The molecule has 0 atom stereocenters. The number of nitrogens with zero attached hydrogens (tertiary/aromatic N) is 3. The number of anilines is 1. The molecule has 0 unspecified atom stereocenters. The third-order valence-corrected chi connectivity index (χ3v) is 5.42. The van der Waals surface area contributed by atoms with Crippen molar-refractivity contribution in [3.8, 4) is 11.3 Å². The molecule has 8 heteroatoms. The summed E-state index contributed by atoms with van der Waals surface area (Å²) in [6.45, 7) is 4.94. The predicted octanol–water partition coefficient (Wildman–Crippen LogP) is 4.51. The quantitative estimate of drug-likeness (QED) is 0.540. The maximum Gasteiger partial charge on any atom is 0.254 e. The summed E-state index contributed by atoms with van der Waals surface area (Å²) in [5, 5.41) is 4.19. The van der Waals surface area contributed by atoms with Gasteiger partial charge in [0.05, 0.1) is 25.3 Å². The minimum atomic E-state index is -0.414. The number of carbonyl (C=O) groups excluding carboxylic acids is 1. The smallest absolute Gasteiger partial charge is 0.254 e. The number of morpholine rings is 1. The molecule has 4 rings (SSSR count). The number of hydrogen-bond donors (Lipinski definition) is 0. The van der Waals surface area contributed by atoms with Gasteiger partial charge in [-0.15, -0.1) is 0 Å². The number of aromatic nitrogens is 1. The Morgan fingerprint density at radius 2 is 1.81 bits per heavy atom. The van der Waals surface area contributed by atoms with Gasteiger partial charge < -0.3 is 19.1 Å². The van der Waals surface area contributed by atoms with Crippen LogP contribution in [0.1, 0.15) is 29.3 Å². The van der Waals surface area contributed by atoms with Crippen molar-refractivity contribution in [1.29, 1.82) is 0 Å². The Labute approximate surface area is 185 Å². The number of amides is 1. The van der Waals surface area contributed by atoms with E-state index in [2.05, 4.69) is 5.16 Å². The van der Waals surface area contributed by atoms with E-state index in [1.165, 1.54) is 30.3 Å². The first-order valence-electron chi connectivity index (χ1n) is 10.7. The molecular weight excluding hydrogens is 416 g/mol. The maximum absolute atomic E-state index is 14.6. The lowest BCUT2D eigenvalue weighted by Crippen LogP contribution is -2.37. The summed E-state index contributed by atoms with van der Waals surface area (Å²) < 4.78 is 39.1. The van der Waals surface area contributed by atoms with Crippen molar-refractivity contribution in [3.63, 3.8) is 0 Å². The average molecular weight is 441 g/mol. The van der Waals surface area contributed by atoms with E-state index in [0.29, 0.717) is 61.1 Å². The van der Waals surface area contributed by atoms with Crippen molar-refractivity contribution in [1.82, 2.24) is 10.1 Å². The lowest BCUT2D eigenvalue weighted by Gasteiger charge is -2.28. The van der Waals surface area contributed by atoms with E-state index in [0.717, 1.165) is 6.42 Å². The first kappa shape index (κ1) is 22.0. The normalized spacial score (nSPS) is 13.9. The Kier molecular flexibility index (Phi) is 6.80. The molecule has 2 aromatic carbocycles. The van der Waals surface area contributed by atoms with Crippen LogP contribution < -0.4 is 4.90 Å². The summed E-state index contributed by atoms with van der Waals surface area (Å²) in [7, 11) is 0. The minimum Gasteiger partial charge on any atom is -0.378 e. The Morgan fingerprint density at radius 3 is 2.50 bits per heavy atom. The Morgan fingerprint density at radius 1 is 1.09 bits per heavy atom. The first-order valence-corrected chi connectivity index (χ1v) is 10.7. The summed E-state index contributed by atoms with van der Waals surface area (Å²) in [4.78, 5) is 16.9. The van der Waals surface area contributed by atoms with Crippen LogP contribution in [0.2, 0.25) is 0 Å². The molecule has 3 aromatic rings. The molecule has 0 N–H and O–H groups in total. The molecule has 32 heavy (non-hydrogen) atoms. The second-order valence-electron chi connectivity index (χ2n) is 7.63. The zero-order valence-corrected chi connectivity index (χ0v) is 17.9. The third kappa shape index (κ3) is 4.65. The van der Waals surface area contributed by atoms with Crippen molar-refractivity contribution < 1.29 is 22.8 Å². The van der Waals surface area contributed by atoms with Crippen LogP contribution >= 0.6 is 0 Å². The molecule has 1 aromatic heterocycles. The van der Waals surface area contributed by atoms with E-state index in [-0.39, 0.29) is 12.5 Å². The molecule has 168 valence electrons. The van der Waals surface area contributed by atoms with Gasteiger partial charge in [-0.1, -0.05) is 24.2 Å². The molecule has 1 fully saturated rings. The minimum absolute atomic E-state index is 0.184. The average Bonchev–Trinajstić information content (AvgIpc) is 3.23. The molecular formula is C24H25F2N3O3. The van der Waals surface area contributed by atoms with Gasteiger partial charge in [0.2, 0.25) is 5.88 Å². The second-order valence-corrected chi connectivity index (χ2v) is 7.63. The highest BCUT2D eigenvalue weighted by Gasteiger charge is 2.28. The number of benzene rings is 2. The highest BCUT2D eigenvalue weighted by Crippen LogP contribution is 2.34. The summed E-state index contributed by atoms with van der Waals surface area (Å²) in [5.74, 6) is -0.540. The highest BCUT2D eigenvalue weighted by molar-refractivity contribution is 5.94. The molecule has 2 heterocycles. The summed E-state index contributed by atoms with van der Waals surface area (Å²) in [6, 6.07) is 11.8. The van der Waals surface area contributed by atoms with Crippen molar-refractivity contribution in [2.24, 2.45) is 0 Å². The topological polar surface area (TPSA) is 58.8 Å². The summed E-state index contributed by atoms with van der Waals surface area (Å²) in [6.07, 6.45) is 0.722. The molecule has 1 aliphatic heterocycles. The Bertz CT molecular complexity index is 1060. The zero-order valence-electron chi connectivity index (χ0n) is 17.9.